The fraction of sp³-hybridized carbons (Fsp3) is 0.722. The van der Waals surface area contributed by atoms with E-state index in [1.54, 1.807) is 0 Å². The van der Waals surface area contributed by atoms with Gasteiger partial charge >= 0.3 is 0 Å². The van der Waals surface area contributed by atoms with E-state index < -0.39 is 6.10 Å². The fourth-order valence-corrected chi connectivity index (χ4v) is 4.08. The number of aliphatic hydroxyl groups excluding tert-OH is 1. The monoisotopic (exact) mass is 386 g/mol. The minimum atomic E-state index is -0.577. The summed E-state index contributed by atoms with van der Waals surface area (Å²) in [6.07, 6.45) is 3.44. The lowest BCUT2D eigenvalue weighted by Gasteiger charge is -2.28. The molecule has 25 heavy (non-hydrogen) atoms. The maximum absolute atomic E-state index is 10.2. The molecular weight excluding hydrogens is 356 g/mol. The Morgan fingerprint density at radius 3 is 2.72 bits per heavy atom. The van der Waals surface area contributed by atoms with E-state index in [9.17, 15) is 5.11 Å². The molecule has 2 heterocycles. The van der Waals surface area contributed by atoms with Gasteiger partial charge in [0, 0.05) is 31.1 Å². The molecule has 0 spiro atoms. The van der Waals surface area contributed by atoms with Gasteiger partial charge in [0.05, 0.1) is 4.34 Å². The number of hydrogen-bond donors (Lipinski definition) is 3. The van der Waals surface area contributed by atoms with Crippen molar-refractivity contribution in [2.75, 3.05) is 39.3 Å². The number of halogens is 1. The van der Waals surface area contributed by atoms with E-state index in [1.165, 1.54) is 43.7 Å². The Balaban J connectivity index is 1.78. The van der Waals surface area contributed by atoms with Gasteiger partial charge in [-0.2, -0.15) is 0 Å². The first-order valence-electron chi connectivity index (χ1n) is 9.26. The lowest BCUT2D eigenvalue weighted by Crippen LogP contribution is -2.40. The minimum Gasteiger partial charge on any atom is -0.386 e. The van der Waals surface area contributed by atoms with Gasteiger partial charge in [-0.05, 0) is 50.9 Å². The van der Waals surface area contributed by atoms with Gasteiger partial charge in [-0.25, -0.2) is 0 Å². The van der Waals surface area contributed by atoms with Gasteiger partial charge in [0.25, 0.3) is 0 Å². The van der Waals surface area contributed by atoms with E-state index in [0.717, 1.165) is 30.5 Å². The van der Waals surface area contributed by atoms with E-state index >= 15 is 0 Å². The second-order valence-corrected chi connectivity index (χ2v) is 8.47. The van der Waals surface area contributed by atoms with Gasteiger partial charge < -0.3 is 20.6 Å². The molecule has 2 rings (SSSR count). The molecule has 1 aliphatic rings. The number of thiophene rings is 1. The molecule has 0 amide bonds. The van der Waals surface area contributed by atoms with Gasteiger partial charge in [-0.15, -0.1) is 11.3 Å². The third-order valence-electron chi connectivity index (χ3n) is 4.31. The number of piperidine rings is 1. The fourth-order valence-electron chi connectivity index (χ4n) is 3.03. The van der Waals surface area contributed by atoms with Gasteiger partial charge in [0.1, 0.15) is 6.10 Å². The SMILES string of the molecule is CCNC(=NCC(C)CN1CCCCC1)NCC(O)c1ccc(Cl)s1. The largest absolute Gasteiger partial charge is 0.386 e. The van der Waals surface area contributed by atoms with E-state index in [0.29, 0.717) is 16.8 Å². The summed E-state index contributed by atoms with van der Waals surface area (Å²) in [4.78, 5) is 8.10. The molecule has 0 aliphatic carbocycles. The molecule has 1 aromatic heterocycles. The highest BCUT2D eigenvalue weighted by molar-refractivity contribution is 7.16. The third kappa shape index (κ3) is 7.52. The van der Waals surface area contributed by atoms with Crippen molar-refractivity contribution >= 4 is 28.9 Å². The van der Waals surface area contributed by atoms with E-state index in [1.807, 2.05) is 19.1 Å². The summed E-state index contributed by atoms with van der Waals surface area (Å²) in [5.74, 6) is 1.28. The van der Waals surface area contributed by atoms with Crippen LogP contribution in [-0.2, 0) is 0 Å². The van der Waals surface area contributed by atoms with Crippen molar-refractivity contribution in [2.45, 2.75) is 39.2 Å². The highest BCUT2D eigenvalue weighted by Gasteiger charge is 2.14. The summed E-state index contributed by atoms with van der Waals surface area (Å²) >= 11 is 7.34. The standard InChI is InChI=1S/C18H31ClN4OS/c1-3-20-18(22-12-15(24)16-7-8-17(19)25-16)21-11-14(2)13-23-9-5-4-6-10-23/h7-8,14-15,24H,3-6,9-13H2,1-2H3,(H2,20,21,22). The average Bonchev–Trinajstić information content (AvgIpc) is 3.04. The Morgan fingerprint density at radius 2 is 2.08 bits per heavy atom. The lowest BCUT2D eigenvalue weighted by molar-refractivity contribution is 0.184. The molecule has 1 aromatic rings. The van der Waals surface area contributed by atoms with Crippen LogP contribution in [0.15, 0.2) is 17.1 Å². The number of nitrogens with zero attached hydrogens (tertiary/aromatic N) is 2. The van der Waals surface area contributed by atoms with Gasteiger partial charge in [-0.1, -0.05) is 24.9 Å². The van der Waals surface area contributed by atoms with E-state index in [-0.39, 0.29) is 0 Å². The molecule has 7 heteroatoms. The first-order chi connectivity index (χ1) is 12.1. The van der Waals surface area contributed by atoms with Crippen LogP contribution in [0.2, 0.25) is 4.34 Å². The van der Waals surface area contributed by atoms with Crippen molar-refractivity contribution < 1.29 is 5.11 Å². The maximum atomic E-state index is 10.2. The summed E-state index contributed by atoms with van der Waals surface area (Å²) in [6, 6.07) is 3.68. The first-order valence-corrected chi connectivity index (χ1v) is 10.5. The van der Waals surface area contributed by atoms with E-state index in [4.69, 9.17) is 11.6 Å². The van der Waals surface area contributed by atoms with Crippen molar-refractivity contribution in [3.8, 4) is 0 Å². The summed E-state index contributed by atoms with van der Waals surface area (Å²) in [7, 11) is 0. The first kappa shape index (κ1) is 20.5. The molecule has 0 bridgehead atoms. The Bertz CT molecular complexity index is 531. The van der Waals surface area contributed by atoms with Crippen LogP contribution in [0.4, 0.5) is 0 Å². The summed E-state index contributed by atoms with van der Waals surface area (Å²) in [6.45, 7) is 9.86. The molecule has 3 N–H and O–H groups in total. The van der Waals surface area contributed by atoms with Crippen LogP contribution < -0.4 is 10.6 Å². The zero-order chi connectivity index (χ0) is 18.1. The van der Waals surface area contributed by atoms with Crippen molar-refractivity contribution in [1.29, 1.82) is 0 Å². The third-order valence-corrected chi connectivity index (χ3v) is 5.64. The molecule has 0 saturated carbocycles. The Morgan fingerprint density at radius 1 is 1.32 bits per heavy atom. The molecule has 5 nitrogen and oxygen atoms in total. The topological polar surface area (TPSA) is 59.9 Å². The Labute approximate surface area is 160 Å². The van der Waals surface area contributed by atoms with Crippen LogP contribution in [0, 0.1) is 5.92 Å². The van der Waals surface area contributed by atoms with Gasteiger partial charge in [-0.3, -0.25) is 4.99 Å². The van der Waals surface area contributed by atoms with Crippen molar-refractivity contribution in [3.05, 3.63) is 21.3 Å². The highest BCUT2D eigenvalue weighted by atomic mass is 35.5. The number of likely N-dealkylation sites (tertiary alicyclic amines) is 1. The number of aliphatic imine (C=N–C) groups is 1. The average molecular weight is 387 g/mol. The molecule has 1 saturated heterocycles. The van der Waals surface area contributed by atoms with Crippen molar-refractivity contribution in [3.63, 3.8) is 0 Å². The molecule has 2 atom stereocenters. The summed E-state index contributed by atoms with van der Waals surface area (Å²) < 4.78 is 0.696. The van der Waals surface area contributed by atoms with Crippen LogP contribution in [0.3, 0.4) is 0 Å². The van der Waals surface area contributed by atoms with Crippen LogP contribution in [0.25, 0.3) is 0 Å². The molecule has 0 radical (unpaired) electrons. The quantitative estimate of drug-likeness (QED) is 0.474. The van der Waals surface area contributed by atoms with Crippen LogP contribution in [0.5, 0.6) is 0 Å². The van der Waals surface area contributed by atoms with E-state index in [2.05, 4.69) is 27.4 Å². The molecule has 0 aromatic carbocycles. The van der Waals surface area contributed by atoms with Crippen LogP contribution in [-0.4, -0.2) is 55.2 Å². The number of aliphatic hydroxyl groups is 1. The van der Waals surface area contributed by atoms with Crippen LogP contribution >= 0.6 is 22.9 Å². The predicted octanol–water partition coefficient (Wildman–Crippen LogP) is 3.11. The van der Waals surface area contributed by atoms with Crippen molar-refractivity contribution in [2.24, 2.45) is 10.9 Å². The van der Waals surface area contributed by atoms with Gasteiger partial charge in [0.2, 0.25) is 0 Å². The second kappa shape index (κ2) is 11.0. The molecular formula is C18H31ClN4OS. The smallest absolute Gasteiger partial charge is 0.191 e. The Kier molecular flexibility index (Phi) is 9.03. The number of guanidine groups is 1. The maximum Gasteiger partial charge on any atom is 0.191 e. The second-order valence-electron chi connectivity index (χ2n) is 6.72. The number of rotatable bonds is 8. The van der Waals surface area contributed by atoms with Crippen LogP contribution in [0.1, 0.15) is 44.1 Å². The zero-order valence-electron chi connectivity index (χ0n) is 15.3. The normalized spacial score (nSPS) is 18.8. The molecule has 1 aliphatic heterocycles. The molecule has 2 unspecified atom stereocenters. The summed E-state index contributed by atoms with van der Waals surface area (Å²) in [5, 5.41) is 16.7. The lowest BCUT2D eigenvalue weighted by atomic mass is 10.1. The number of hydrogen-bond acceptors (Lipinski definition) is 4. The zero-order valence-corrected chi connectivity index (χ0v) is 16.9. The Hall–Kier alpha value is -0.820. The highest BCUT2D eigenvalue weighted by Crippen LogP contribution is 2.26. The predicted molar refractivity (Wildman–Crippen MR) is 108 cm³/mol. The minimum absolute atomic E-state index is 0.420. The molecule has 1 fully saturated rings. The number of nitrogens with one attached hydrogen (secondary N) is 2. The molecule has 142 valence electrons. The van der Waals surface area contributed by atoms with Gasteiger partial charge in [0.15, 0.2) is 5.96 Å². The summed E-state index contributed by atoms with van der Waals surface area (Å²) in [5.41, 5.74) is 0. The van der Waals surface area contributed by atoms with Crippen molar-refractivity contribution in [1.82, 2.24) is 15.5 Å².